The molecule has 30 heavy (non-hydrogen) atoms. The van der Waals surface area contributed by atoms with Crippen LogP contribution in [0.1, 0.15) is 32.6 Å². The van der Waals surface area contributed by atoms with Crippen molar-refractivity contribution < 1.29 is 23.4 Å². The summed E-state index contributed by atoms with van der Waals surface area (Å²) in [5, 5.41) is 0.484. The van der Waals surface area contributed by atoms with E-state index in [4.69, 9.17) is 23.4 Å². The Hall–Kier alpha value is -3.15. The van der Waals surface area contributed by atoms with E-state index in [9.17, 15) is 4.79 Å². The molecule has 6 nitrogen and oxygen atoms in total. The van der Waals surface area contributed by atoms with Gasteiger partial charge in [-0.3, -0.25) is 4.79 Å². The highest BCUT2D eigenvalue weighted by Gasteiger charge is 2.21. The minimum atomic E-state index is -0.198. The number of rotatable bonds is 10. The summed E-state index contributed by atoms with van der Waals surface area (Å²) in [5.41, 5.74) is 0.900. The SMILES string of the molecule is CCCCCCOc1c(-c2cc(OC)c(OC)c(OC)c2)oc2ccccc2c1=O. The highest BCUT2D eigenvalue weighted by molar-refractivity contribution is 5.82. The van der Waals surface area contributed by atoms with Crippen LogP contribution in [0.25, 0.3) is 22.3 Å². The average Bonchev–Trinajstić information content (AvgIpc) is 2.79. The maximum atomic E-state index is 13.2. The second kappa shape index (κ2) is 10.1. The van der Waals surface area contributed by atoms with Gasteiger partial charge < -0.3 is 23.4 Å². The molecule has 1 aromatic heterocycles. The Bertz CT molecular complexity index is 1030. The molecule has 0 spiro atoms. The van der Waals surface area contributed by atoms with Gasteiger partial charge in [0.25, 0.3) is 0 Å². The lowest BCUT2D eigenvalue weighted by Crippen LogP contribution is -2.11. The summed E-state index contributed by atoms with van der Waals surface area (Å²) in [6.07, 6.45) is 4.19. The van der Waals surface area contributed by atoms with Crippen LogP contribution in [0.4, 0.5) is 0 Å². The molecular weight excluding hydrogens is 384 g/mol. The zero-order chi connectivity index (χ0) is 21.5. The summed E-state index contributed by atoms with van der Waals surface area (Å²) in [5.74, 6) is 1.94. The molecule has 0 aliphatic carbocycles. The molecule has 0 amide bonds. The lowest BCUT2D eigenvalue weighted by atomic mass is 10.1. The summed E-state index contributed by atoms with van der Waals surface area (Å²) in [4.78, 5) is 13.2. The Morgan fingerprint density at radius 1 is 0.867 bits per heavy atom. The van der Waals surface area contributed by atoms with Crippen molar-refractivity contribution in [3.8, 4) is 34.3 Å². The third kappa shape index (κ3) is 4.37. The van der Waals surface area contributed by atoms with Crippen molar-refractivity contribution in [1.82, 2.24) is 0 Å². The molecular formula is C24H28O6. The first kappa shape index (κ1) is 21.6. The number of methoxy groups -OCH3 is 3. The van der Waals surface area contributed by atoms with Crippen molar-refractivity contribution >= 4 is 11.0 Å². The zero-order valence-corrected chi connectivity index (χ0v) is 17.9. The first-order chi connectivity index (χ1) is 14.6. The van der Waals surface area contributed by atoms with Crippen molar-refractivity contribution in [2.24, 2.45) is 0 Å². The molecule has 0 aliphatic heterocycles. The predicted octanol–water partition coefficient (Wildman–Crippen LogP) is 5.44. The molecule has 0 bridgehead atoms. The second-order valence-corrected chi connectivity index (χ2v) is 6.91. The zero-order valence-electron chi connectivity index (χ0n) is 17.9. The average molecular weight is 412 g/mol. The van der Waals surface area contributed by atoms with Gasteiger partial charge in [-0.05, 0) is 30.7 Å². The van der Waals surface area contributed by atoms with Crippen LogP contribution in [0.3, 0.4) is 0 Å². The summed E-state index contributed by atoms with van der Waals surface area (Å²) in [6, 6.07) is 10.6. The molecule has 6 heteroatoms. The number of ether oxygens (including phenoxy) is 4. The molecule has 0 fully saturated rings. The van der Waals surface area contributed by atoms with Gasteiger partial charge in [0.2, 0.25) is 16.9 Å². The third-order valence-corrected chi connectivity index (χ3v) is 4.93. The molecule has 0 aliphatic rings. The van der Waals surface area contributed by atoms with E-state index in [1.165, 1.54) is 0 Å². The first-order valence-electron chi connectivity index (χ1n) is 10.1. The first-order valence-corrected chi connectivity index (χ1v) is 10.1. The number of fused-ring (bicyclic) bond motifs is 1. The number of benzene rings is 2. The molecule has 3 aromatic rings. The summed E-state index contributed by atoms with van der Waals surface area (Å²) in [6.45, 7) is 2.60. The number of para-hydroxylation sites is 1. The van der Waals surface area contributed by atoms with Crippen molar-refractivity contribution in [2.45, 2.75) is 32.6 Å². The van der Waals surface area contributed by atoms with Crippen molar-refractivity contribution in [1.29, 1.82) is 0 Å². The lowest BCUT2D eigenvalue weighted by molar-refractivity contribution is 0.297. The van der Waals surface area contributed by atoms with E-state index in [0.29, 0.717) is 46.1 Å². The summed E-state index contributed by atoms with van der Waals surface area (Å²) >= 11 is 0. The second-order valence-electron chi connectivity index (χ2n) is 6.91. The topological polar surface area (TPSA) is 67.1 Å². The van der Waals surface area contributed by atoms with Crippen molar-refractivity contribution in [2.75, 3.05) is 27.9 Å². The van der Waals surface area contributed by atoms with Crippen LogP contribution in [-0.4, -0.2) is 27.9 Å². The van der Waals surface area contributed by atoms with Crippen LogP contribution in [0, 0.1) is 0 Å². The highest BCUT2D eigenvalue weighted by Crippen LogP contribution is 2.43. The Labute approximate surface area is 176 Å². The van der Waals surface area contributed by atoms with Crippen LogP contribution in [-0.2, 0) is 0 Å². The van der Waals surface area contributed by atoms with Gasteiger partial charge in [0.05, 0.1) is 33.3 Å². The van der Waals surface area contributed by atoms with Gasteiger partial charge in [-0.25, -0.2) is 0 Å². The number of unbranched alkanes of at least 4 members (excludes halogenated alkanes) is 3. The molecule has 0 saturated heterocycles. The standard InChI is InChI=1S/C24H28O6/c1-5-6-7-10-13-29-24-21(25)17-11-8-9-12-18(17)30-22(24)16-14-19(26-2)23(28-4)20(15-16)27-3/h8-9,11-12,14-15H,5-7,10,13H2,1-4H3. The van der Waals surface area contributed by atoms with Gasteiger partial charge in [-0.2, -0.15) is 0 Å². The van der Waals surface area contributed by atoms with E-state index in [1.807, 2.05) is 12.1 Å². The largest absolute Gasteiger partial charge is 0.493 e. The molecule has 0 N–H and O–H groups in total. The van der Waals surface area contributed by atoms with Gasteiger partial charge in [0.15, 0.2) is 17.3 Å². The van der Waals surface area contributed by atoms with Gasteiger partial charge in [-0.1, -0.05) is 38.3 Å². The monoisotopic (exact) mass is 412 g/mol. The molecule has 0 radical (unpaired) electrons. The molecule has 0 unspecified atom stereocenters. The fourth-order valence-corrected chi connectivity index (χ4v) is 3.36. The van der Waals surface area contributed by atoms with E-state index in [2.05, 4.69) is 6.92 Å². The van der Waals surface area contributed by atoms with E-state index < -0.39 is 0 Å². The van der Waals surface area contributed by atoms with E-state index in [1.54, 1.807) is 45.6 Å². The van der Waals surface area contributed by atoms with Crippen LogP contribution in [0.2, 0.25) is 0 Å². The van der Waals surface area contributed by atoms with Crippen molar-refractivity contribution in [3.05, 3.63) is 46.6 Å². The number of hydrogen-bond acceptors (Lipinski definition) is 6. The van der Waals surface area contributed by atoms with Crippen molar-refractivity contribution in [3.63, 3.8) is 0 Å². The summed E-state index contributed by atoms with van der Waals surface area (Å²) < 4.78 is 28.4. The summed E-state index contributed by atoms with van der Waals surface area (Å²) in [7, 11) is 4.63. The minimum absolute atomic E-state index is 0.194. The Kier molecular flexibility index (Phi) is 7.22. The molecule has 2 aromatic carbocycles. The van der Waals surface area contributed by atoms with Gasteiger partial charge in [0.1, 0.15) is 5.58 Å². The van der Waals surface area contributed by atoms with Crippen LogP contribution in [0.5, 0.6) is 23.0 Å². The molecule has 160 valence electrons. The van der Waals surface area contributed by atoms with E-state index >= 15 is 0 Å². The van der Waals surface area contributed by atoms with E-state index in [0.717, 1.165) is 25.7 Å². The van der Waals surface area contributed by atoms with Crippen LogP contribution >= 0.6 is 0 Å². The van der Waals surface area contributed by atoms with E-state index in [-0.39, 0.29) is 11.2 Å². The smallest absolute Gasteiger partial charge is 0.235 e. The fraction of sp³-hybridized carbons (Fsp3) is 0.375. The minimum Gasteiger partial charge on any atom is -0.493 e. The maximum absolute atomic E-state index is 13.2. The highest BCUT2D eigenvalue weighted by atomic mass is 16.5. The van der Waals surface area contributed by atoms with Crippen LogP contribution < -0.4 is 24.4 Å². The van der Waals surface area contributed by atoms with Gasteiger partial charge >= 0.3 is 0 Å². The van der Waals surface area contributed by atoms with Gasteiger partial charge in [0, 0.05) is 5.56 Å². The maximum Gasteiger partial charge on any atom is 0.235 e. The Morgan fingerprint density at radius 3 is 2.20 bits per heavy atom. The van der Waals surface area contributed by atoms with Gasteiger partial charge in [-0.15, -0.1) is 0 Å². The quantitative estimate of drug-likeness (QED) is 0.413. The predicted molar refractivity (Wildman–Crippen MR) is 117 cm³/mol. The fourth-order valence-electron chi connectivity index (χ4n) is 3.36. The Balaban J connectivity index is 2.14. The normalized spacial score (nSPS) is 10.8. The molecule has 3 rings (SSSR count). The lowest BCUT2D eigenvalue weighted by Gasteiger charge is -2.16. The molecule has 0 saturated carbocycles. The Morgan fingerprint density at radius 2 is 1.57 bits per heavy atom. The van der Waals surface area contributed by atoms with Crippen LogP contribution in [0.15, 0.2) is 45.6 Å². The third-order valence-electron chi connectivity index (χ3n) is 4.93. The number of hydrogen-bond donors (Lipinski definition) is 0. The molecule has 0 atom stereocenters. The molecule has 1 heterocycles.